The Morgan fingerprint density at radius 3 is 2.89 bits per heavy atom. The number of aromatic nitrogens is 3. The first-order chi connectivity index (χ1) is 13.2. The van der Waals surface area contributed by atoms with Crippen molar-refractivity contribution in [2.24, 2.45) is 0 Å². The molecule has 0 bridgehead atoms. The van der Waals surface area contributed by atoms with E-state index in [0.29, 0.717) is 10.0 Å². The van der Waals surface area contributed by atoms with Crippen molar-refractivity contribution in [3.8, 4) is 22.8 Å². The second kappa shape index (κ2) is 6.91. The van der Waals surface area contributed by atoms with Gasteiger partial charge in [0.25, 0.3) is 0 Å². The summed E-state index contributed by atoms with van der Waals surface area (Å²) in [5, 5.41) is 12.7. The molecule has 0 amide bonds. The zero-order valence-corrected chi connectivity index (χ0v) is 16.8. The lowest BCUT2D eigenvalue weighted by molar-refractivity contribution is 0.174. The van der Waals surface area contributed by atoms with Gasteiger partial charge in [-0.15, -0.1) is 21.5 Å². The van der Waals surface area contributed by atoms with E-state index in [-0.39, 0.29) is 6.79 Å². The Kier molecular flexibility index (Phi) is 4.40. The molecular weight excluding hydrogens is 425 g/mol. The van der Waals surface area contributed by atoms with Gasteiger partial charge < -0.3 is 9.47 Å². The Labute approximate surface area is 172 Å². The Morgan fingerprint density at radius 2 is 1.96 bits per heavy atom. The topological polar surface area (TPSA) is 48.7 Å². The monoisotopic (exact) mass is 435 g/mol. The Hall–Kier alpha value is -1.93. The quantitative estimate of drug-likeness (QED) is 0.379. The van der Waals surface area contributed by atoms with Crippen LogP contribution in [0.25, 0.3) is 16.2 Å². The third kappa shape index (κ3) is 3.14. The van der Waals surface area contributed by atoms with Gasteiger partial charge in [-0.2, -0.15) is 0 Å². The Bertz CT molecular complexity index is 1160. The summed E-state index contributed by atoms with van der Waals surface area (Å²) in [6.07, 6.45) is 0. The van der Waals surface area contributed by atoms with Gasteiger partial charge in [0.05, 0.1) is 10.7 Å². The Balaban J connectivity index is 1.47. The summed E-state index contributed by atoms with van der Waals surface area (Å²) in [5.74, 6) is 2.29. The van der Waals surface area contributed by atoms with Crippen molar-refractivity contribution in [2.75, 3.05) is 6.79 Å². The molecule has 0 N–H and O–H groups in total. The molecule has 1 aliphatic heterocycles. The van der Waals surface area contributed by atoms with Crippen molar-refractivity contribution in [1.82, 2.24) is 14.6 Å². The molecule has 9 heteroatoms. The fourth-order valence-corrected chi connectivity index (χ4v) is 5.01. The minimum absolute atomic E-state index is 0.273. The molecule has 0 atom stereocenters. The summed E-state index contributed by atoms with van der Waals surface area (Å²) in [5.41, 5.74) is 2.92. The van der Waals surface area contributed by atoms with E-state index in [2.05, 4.69) is 10.2 Å². The van der Waals surface area contributed by atoms with Gasteiger partial charge in [-0.3, -0.25) is 4.40 Å². The lowest BCUT2D eigenvalue weighted by Crippen LogP contribution is -1.93. The lowest BCUT2D eigenvalue weighted by Gasteiger charge is -2.06. The fraction of sp³-hybridized carbons (Fsp3) is 0.111. The number of fused-ring (bicyclic) bond motifs is 2. The second-order valence-electron chi connectivity index (χ2n) is 5.82. The van der Waals surface area contributed by atoms with E-state index in [1.54, 1.807) is 23.9 Å². The number of halogens is 2. The van der Waals surface area contributed by atoms with Gasteiger partial charge in [0.2, 0.25) is 11.8 Å². The van der Waals surface area contributed by atoms with E-state index >= 15 is 0 Å². The van der Waals surface area contributed by atoms with Gasteiger partial charge in [-0.25, -0.2) is 0 Å². The molecule has 0 saturated carbocycles. The van der Waals surface area contributed by atoms with Crippen molar-refractivity contribution in [2.45, 2.75) is 10.9 Å². The number of nitrogens with zero attached hydrogens (tertiary/aromatic N) is 3. The molecule has 27 heavy (non-hydrogen) atoms. The maximum atomic E-state index is 6.39. The molecule has 2 aromatic carbocycles. The lowest BCUT2D eigenvalue weighted by atomic mass is 10.2. The average Bonchev–Trinajstić information content (AvgIpc) is 3.38. The number of rotatable bonds is 4. The van der Waals surface area contributed by atoms with E-state index < -0.39 is 0 Å². The van der Waals surface area contributed by atoms with Crippen molar-refractivity contribution in [1.29, 1.82) is 0 Å². The summed E-state index contributed by atoms with van der Waals surface area (Å²) in [6, 6.07) is 11.4. The van der Waals surface area contributed by atoms with Gasteiger partial charge in [0.1, 0.15) is 0 Å². The molecule has 5 rings (SSSR count). The predicted molar refractivity (Wildman–Crippen MR) is 108 cm³/mol. The van der Waals surface area contributed by atoms with Gasteiger partial charge in [0, 0.05) is 21.7 Å². The maximum absolute atomic E-state index is 6.39. The average molecular weight is 436 g/mol. The van der Waals surface area contributed by atoms with E-state index in [0.717, 1.165) is 44.2 Å². The molecule has 0 radical (unpaired) electrons. The summed E-state index contributed by atoms with van der Waals surface area (Å²) in [6.45, 7) is 0.273. The minimum Gasteiger partial charge on any atom is -0.454 e. The fourth-order valence-electron chi connectivity index (χ4n) is 2.85. The summed E-state index contributed by atoms with van der Waals surface area (Å²) in [4.78, 5) is 0.814. The third-order valence-corrected chi connectivity index (χ3v) is 6.51. The highest BCUT2D eigenvalue weighted by Crippen LogP contribution is 2.37. The number of ether oxygens (including phenoxy) is 2. The van der Waals surface area contributed by atoms with Gasteiger partial charge in [-0.05, 0) is 35.9 Å². The normalized spacial score (nSPS) is 12.8. The van der Waals surface area contributed by atoms with Gasteiger partial charge >= 0.3 is 0 Å². The molecule has 0 saturated heterocycles. The summed E-state index contributed by atoms with van der Waals surface area (Å²) < 4.78 is 12.8. The van der Waals surface area contributed by atoms with Crippen LogP contribution in [0.2, 0.25) is 10.0 Å². The van der Waals surface area contributed by atoms with E-state index in [4.69, 9.17) is 32.7 Å². The van der Waals surface area contributed by atoms with Crippen molar-refractivity contribution in [3.63, 3.8) is 0 Å². The minimum atomic E-state index is 0.273. The number of thiazole rings is 1. The largest absolute Gasteiger partial charge is 0.454 e. The van der Waals surface area contributed by atoms with E-state index in [9.17, 15) is 0 Å². The molecule has 0 fully saturated rings. The highest BCUT2D eigenvalue weighted by Gasteiger charge is 2.17. The number of thioether (sulfide) groups is 1. The SMILES string of the molecule is Clc1ccc(Cl)c(-c2csc3nnc(SCc4ccc5c(c4)OCO5)n23)c1. The molecule has 1 aliphatic rings. The number of benzene rings is 2. The van der Waals surface area contributed by atoms with Crippen LogP contribution in [0.5, 0.6) is 11.5 Å². The molecule has 5 nitrogen and oxygen atoms in total. The van der Waals surface area contributed by atoms with Crippen LogP contribution in [-0.4, -0.2) is 21.4 Å². The number of hydrogen-bond donors (Lipinski definition) is 0. The van der Waals surface area contributed by atoms with E-state index in [1.165, 1.54) is 11.3 Å². The molecule has 0 spiro atoms. The first-order valence-electron chi connectivity index (χ1n) is 7.98. The molecular formula is C18H11Cl2N3O2S2. The van der Waals surface area contributed by atoms with Crippen LogP contribution in [0.3, 0.4) is 0 Å². The zero-order valence-electron chi connectivity index (χ0n) is 13.7. The highest BCUT2D eigenvalue weighted by molar-refractivity contribution is 7.98. The first-order valence-corrected chi connectivity index (χ1v) is 10.6. The van der Waals surface area contributed by atoms with Crippen LogP contribution in [0.15, 0.2) is 46.9 Å². The molecule has 3 heterocycles. The second-order valence-corrected chi connectivity index (χ2v) is 8.44. The summed E-state index contributed by atoms with van der Waals surface area (Å²) in [7, 11) is 0. The van der Waals surface area contributed by atoms with Crippen LogP contribution in [0.4, 0.5) is 0 Å². The molecule has 2 aromatic heterocycles. The number of hydrogen-bond acceptors (Lipinski definition) is 6. The van der Waals surface area contributed by atoms with Gasteiger partial charge in [-0.1, -0.05) is 41.0 Å². The smallest absolute Gasteiger partial charge is 0.231 e. The van der Waals surface area contributed by atoms with Gasteiger partial charge in [0.15, 0.2) is 16.7 Å². The van der Waals surface area contributed by atoms with Crippen LogP contribution in [-0.2, 0) is 5.75 Å². The standard InChI is InChI=1S/C18H11Cl2N3O2S2/c19-11-2-3-13(20)12(6-11)14-8-27-18-22-21-17(23(14)18)26-7-10-1-4-15-16(5-10)25-9-24-15/h1-6,8H,7,9H2. The third-order valence-electron chi connectivity index (χ3n) is 4.13. The summed E-state index contributed by atoms with van der Waals surface area (Å²) >= 11 is 15.7. The molecule has 4 aromatic rings. The van der Waals surface area contributed by atoms with Crippen LogP contribution in [0, 0.1) is 0 Å². The highest BCUT2D eigenvalue weighted by atomic mass is 35.5. The van der Waals surface area contributed by atoms with Crippen LogP contribution < -0.4 is 9.47 Å². The molecule has 0 aliphatic carbocycles. The predicted octanol–water partition coefficient (Wildman–Crippen LogP) is 5.79. The first kappa shape index (κ1) is 17.2. The van der Waals surface area contributed by atoms with Crippen LogP contribution >= 0.6 is 46.3 Å². The molecule has 136 valence electrons. The van der Waals surface area contributed by atoms with Crippen molar-refractivity contribution < 1.29 is 9.47 Å². The zero-order chi connectivity index (χ0) is 18.4. The van der Waals surface area contributed by atoms with Crippen LogP contribution in [0.1, 0.15) is 5.56 Å². The van der Waals surface area contributed by atoms with Crippen molar-refractivity contribution >= 4 is 51.3 Å². The van der Waals surface area contributed by atoms with E-state index in [1.807, 2.05) is 34.0 Å². The Morgan fingerprint density at radius 1 is 1.07 bits per heavy atom. The molecule has 0 unspecified atom stereocenters. The maximum Gasteiger partial charge on any atom is 0.231 e. The van der Waals surface area contributed by atoms with Crippen molar-refractivity contribution in [3.05, 3.63) is 57.4 Å².